The summed E-state index contributed by atoms with van der Waals surface area (Å²) in [6.07, 6.45) is -10.4. The lowest BCUT2D eigenvalue weighted by molar-refractivity contribution is -0.287. The highest BCUT2D eigenvalue weighted by Crippen LogP contribution is 2.41. The zero-order chi connectivity index (χ0) is 17.7. The number of benzene rings is 1. The van der Waals surface area contributed by atoms with Crippen LogP contribution in [0.4, 0.5) is 30.7 Å². The molecule has 1 aromatic carbocycles. The molecule has 0 fully saturated rings. The van der Waals surface area contributed by atoms with Gasteiger partial charge in [0.15, 0.2) is 0 Å². The van der Waals surface area contributed by atoms with Crippen LogP contribution >= 0.6 is 11.8 Å². The van der Waals surface area contributed by atoms with E-state index in [9.17, 15) is 35.5 Å². The van der Waals surface area contributed by atoms with Crippen molar-refractivity contribution >= 4 is 16.9 Å². The first kappa shape index (κ1) is 19.8. The number of hydrogen-bond acceptors (Lipinski definition) is 2. The predicted octanol–water partition coefficient (Wildman–Crippen LogP) is 5.56. The Hall–Kier alpha value is -1.25. The first-order valence-corrected chi connectivity index (χ1v) is 7.48. The van der Waals surface area contributed by atoms with Crippen molar-refractivity contribution in [2.24, 2.45) is 0 Å². The number of hydrogen-bond donors (Lipinski definition) is 0. The molecule has 23 heavy (non-hydrogen) atoms. The van der Waals surface area contributed by atoms with Gasteiger partial charge >= 0.3 is 12.1 Å². The number of halogens is 7. The third-order valence-corrected chi connectivity index (χ3v) is 3.84. The van der Waals surface area contributed by atoms with Gasteiger partial charge < -0.3 is 0 Å². The zero-order valence-corrected chi connectivity index (χ0v) is 12.5. The topological polar surface area (TPSA) is 17.1 Å². The van der Waals surface area contributed by atoms with Crippen LogP contribution in [0.25, 0.3) is 0 Å². The second-order valence-corrected chi connectivity index (χ2v) is 5.88. The summed E-state index contributed by atoms with van der Waals surface area (Å²) in [4.78, 5) is 11.6. The van der Waals surface area contributed by atoms with Crippen molar-refractivity contribution in [1.82, 2.24) is 0 Å². The molecular weight excluding hydrogens is 349 g/mol. The summed E-state index contributed by atoms with van der Waals surface area (Å²) >= 11 is 0.567. The van der Waals surface area contributed by atoms with Crippen LogP contribution < -0.4 is 0 Å². The van der Waals surface area contributed by atoms with Crippen molar-refractivity contribution in [3.63, 3.8) is 0 Å². The molecule has 0 bridgehead atoms. The predicted molar refractivity (Wildman–Crippen MR) is 73.0 cm³/mol. The molecule has 9 heteroatoms. The Kier molecular flexibility index (Phi) is 6.49. The van der Waals surface area contributed by atoms with Gasteiger partial charge in [-0.15, -0.1) is 0 Å². The van der Waals surface area contributed by atoms with Crippen molar-refractivity contribution in [1.29, 1.82) is 0 Å². The van der Waals surface area contributed by atoms with Gasteiger partial charge in [0.25, 0.3) is 0 Å². The summed E-state index contributed by atoms with van der Waals surface area (Å²) in [5.74, 6) is -9.22. The van der Waals surface area contributed by atoms with Crippen LogP contribution in [0.3, 0.4) is 0 Å². The molecule has 0 atom stereocenters. The Bertz CT molecular complexity index is 514. The molecule has 0 heterocycles. The van der Waals surface area contributed by atoms with Crippen LogP contribution in [0.5, 0.6) is 0 Å². The number of carbonyl (C=O) groups is 1. The van der Waals surface area contributed by atoms with E-state index in [4.69, 9.17) is 0 Å². The number of thioether (sulfide) groups is 1. The van der Waals surface area contributed by atoms with Crippen molar-refractivity contribution in [2.45, 2.75) is 37.3 Å². The van der Waals surface area contributed by atoms with Crippen LogP contribution in [0.2, 0.25) is 0 Å². The van der Waals surface area contributed by atoms with Gasteiger partial charge in [0.1, 0.15) is 0 Å². The number of carbonyl (C=O) groups excluding carboxylic acids is 1. The third kappa shape index (κ3) is 6.40. The molecule has 130 valence electrons. The maximum Gasteiger partial charge on any atom is 0.453 e. The molecule has 0 N–H and O–H groups in total. The highest BCUT2D eigenvalue weighted by atomic mass is 32.2. The fourth-order valence-corrected chi connectivity index (χ4v) is 2.45. The minimum atomic E-state index is -5.85. The van der Waals surface area contributed by atoms with Crippen molar-refractivity contribution in [3.05, 3.63) is 35.9 Å². The van der Waals surface area contributed by atoms with E-state index in [1.165, 1.54) is 12.1 Å². The summed E-state index contributed by atoms with van der Waals surface area (Å²) in [5.41, 5.74) is 0.296. The lowest BCUT2D eigenvalue weighted by Gasteiger charge is -2.22. The molecule has 1 rings (SSSR count). The van der Waals surface area contributed by atoms with E-state index in [-0.39, 0.29) is 5.75 Å². The van der Waals surface area contributed by atoms with Crippen LogP contribution in [-0.4, -0.2) is 28.9 Å². The van der Waals surface area contributed by atoms with E-state index < -0.39 is 42.4 Å². The van der Waals surface area contributed by atoms with Crippen molar-refractivity contribution in [3.8, 4) is 0 Å². The van der Waals surface area contributed by atoms with Gasteiger partial charge in [0, 0.05) is 30.6 Å². The van der Waals surface area contributed by atoms with E-state index in [0.29, 0.717) is 17.3 Å². The molecule has 0 saturated heterocycles. The standard InChI is InChI=1S/C14H13F7OS/c15-12(16,6-7-13(17,18)14(19,20)21)8-9-23-11(22)10-4-2-1-3-5-10/h1-5H,6-9H2. The monoisotopic (exact) mass is 362 g/mol. The number of alkyl halides is 7. The quantitative estimate of drug-likeness (QED) is 0.591. The summed E-state index contributed by atoms with van der Waals surface area (Å²) in [7, 11) is 0. The SMILES string of the molecule is O=C(SCCC(F)(F)CCC(F)(F)C(F)(F)F)c1ccccc1. The summed E-state index contributed by atoms with van der Waals surface area (Å²) < 4.78 is 87.7. The van der Waals surface area contributed by atoms with Gasteiger partial charge in [-0.05, 0) is 0 Å². The molecule has 0 aromatic heterocycles. The first-order valence-electron chi connectivity index (χ1n) is 6.49. The van der Waals surface area contributed by atoms with Gasteiger partial charge in [0.2, 0.25) is 11.0 Å². The Morgan fingerprint density at radius 2 is 1.43 bits per heavy atom. The molecule has 1 aromatic rings. The average Bonchev–Trinajstić information content (AvgIpc) is 2.45. The van der Waals surface area contributed by atoms with Gasteiger partial charge in [-0.1, -0.05) is 42.1 Å². The normalized spacial score (nSPS) is 13.2. The Balaban J connectivity index is 2.43. The second-order valence-electron chi connectivity index (χ2n) is 4.81. The molecule has 0 radical (unpaired) electrons. The molecule has 0 spiro atoms. The molecule has 0 aliphatic rings. The van der Waals surface area contributed by atoms with Gasteiger partial charge in [-0.2, -0.15) is 22.0 Å². The highest BCUT2D eigenvalue weighted by Gasteiger charge is 2.57. The molecule has 0 amide bonds. The molecular formula is C14H13F7OS. The van der Waals surface area contributed by atoms with E-state index in [2.05, 4.69) is 0 Å². The van der Waals surface area contributed by atoms with E-state index in [1.807, 2.05) is 0 Å². The van der Waals surface area contributed by atoms with Crippen molar-refractivity contribution < 1.29 is 35.5 Å². The third-order valence-electron chi connectivity index (χ3n) is 2.93. The summed E-state index contributed by atoms with van der Waals surface area (Å²) in [5, 5.41) is -0.470. The first-order chi connectivity index (χ1) is 10.4. The highest BCUT2D eigenvalue weighted by molar-refractivity contribution is 8.14. The lowest BCUT2D eigenvalue weighted by atomic mass is 10.1. The Morgan fingerprint density at radius 1 is 0.870 bits per heavy atom. The maximum absolute atomic E-state index is 13.4. The second kappa shape index (κ2) is 7.55. The maximum atomic E-state index is 13.4. The van der Waals surface area contributed by atoms with E-state index in [0.717, 1.165) is 0 Å². The average molecular weight is 362 g/mol. The van der Waals surface area contributed by atoms with Crippen molar-refractivity contribution in [2.75, 3.05) is 5.75 Å². The van der Waals surface area contributed by atoms with Crippen LogP contribution in [0, 0.1) is 0 Å². The molecule has 1 nitrogen and oxygen atoms in total. The molecule has 0 aliphatic heterocycles. The largest absolute Gasteiger partial charge is 0.453 e. The number of rotatable bonds is 7. The fraction of sp³-hybridized carbons (Fsp3) is 0.500. The van der Waals surface area contributed by atoms with Crippen LogP contribution in [0.1, 0.15) is 29.6 Å². The molecule has 0 saturated carbocycles. The minimum Gasteiger partial charge on any atom is -0.282 e. The lowest BCUT2D eigenvalue weighted by Crippen LogP contribution is -2.37. The fourth-order valence-electron chi connectivity index (χ4n) is 1.56. The zero-order valence-electron chi connectivity index (χ0n) is 11.7. The van der Waals surface area contributed by atoms with E-state index in [1.54, 1.807) is 18.2 Å². The minimum absolute atomic E-state index is 0.296. The Morgan fingerprint density at radius 3 is 1.96 bits per heavy atom. The van der Waals surface area contributed by atoms with Gasteiger partial charge in [0.05, 0.1) is 0 Å². The molecule has 0 unspecified atom stereocenters. The smallest absolute Gasteiger partial charge is 0.282 e. The molecule has 0 aliphatic carbocycles. The van der Waals surface area contributed by atoms with E-state index >= 15 is 0 Å². The Labute approximate surface area is 132 Å². The summed E-state index contributed by atoms with van der Waals surface area (Å²) in [6.45, 7) is 0. The summed E-state index contributed by atoms with van der Waals surface area (Å²) in [6, 6.07) is 7.80. The van der Waals surface area contributed by atoms with Gasteiger partial charge in [-0.25, -0.2) is 8.78 Å². The van der Waals surface area contributed by atoms with Crippen LogP contribution in [0.15, 0.2) is 30.3 Å². The van der Waals surface area contributed by atoms with Gasteiger partial charge in [-0.3, -0.25) is 4.79 Å². The van der Waals surface area contributed by atoms with Crippen LogP contribution in [-0.2, 0) is 0 Å².